The lowest BCUT2D eigenvalue weighted by Crippen LogP contribution is -2.20. The highest BCUT2D eigenvalue weighted by atomic mass is 79.9. The van der Waals surface area contributed by atoms with E-state index >= 15 is 0 Å². The number of hydrogen-bond donors (Lipinski definition) is 0. The Balaban J connectivity index is 1.86. The molecule has 0 amide bonds. The highest BCUT2D eigenvalue weighted by Gasteiger charge is 2.12. The first-order chi connectivity index (χ1) is 12.3. The van der Waals surface area contributed by atoms with Gasteiger partial charge in [-0.3, -0.25) is 0 Å². The fourth-order valence-electron chi connectivity index (χ4n) is 4.32. The Labute approximate surface area is 156 Å². The van der Waals surface area contributed by atoms with Crippen LogP contribution in [0.5, 0.6) is 0 Å². The van der Waals surface area contributed by atoms with Gasteiger partial charge in [0.15, 0.2) is 0 Å². The van der Waals surface area contributed by atoms with Gasteiger partial charge in [-0.15, -0.1) is 0 Å². The van der Waals surface area contributed by atoms with Crippen molar-refractivity contribution in [3.8, 4) is 11.1 Å². The summed E-state index contributed by atoms with van der Waals surface area (Å²) in [7, 11) is 0. The SMILES string of the molecule is Brc1ccc(-c2cccc3c2=CCc2c4c(ccc2=3)=CCCC4)cc1. The molecule has 0 radical (unpaired) electrons. The highest BCUT2D eigenvalue weighted by Crippen LogP contribution is 2.22. The Bertz CT molecular complexity index is 1180. The predicted molar refractivity (Wildman–Crippen MR) is 109 cm³/mol. The molecule has 5 rings (SSSR count). The molecule has 0 atom stereocenters. The fraction of sp³-hybridized carbons (Fsp3) is 0.167. The van der Waals surface area contributed by atoms with Crippen LogP contribution in [-0.2, 0) is 12.8 Å². The molecule has 0 aromatic heterocycles. The zero-order valence-electron chi connectivity index (χ0n) is 14.1. The van der Waals surface area contributed by atoms with Crippen LogP contribution in [0.3, 0.4) is 0 Å². The second-order valence-corrected chi connectivity index (χ2v) is 7.85. The van der Waals surface area contributed by atoms with Crippen LogP contribution < -0.4 is 10.4 Å². The summed E-state index contributed by atoms with van der Waals surface area (Å²) >= 11 is 3.54. The lowest BCUT2D eigenvalue weighted by atomic mass is 9.87. The van der Waals surface area contributed by atoms with Crippen molar-refractivity contribution in [3.63, 3.8) is 0 Å². The predicted octanol–water partition coefficient (Wildman–Crippen LogP) is 4.86. The van der Waals surface area contributed by atoms with Crippen LogP contribution in [0.2, 0.25) is 0 Å². The van der Waals surface area contributed by atoms with E-state index in [1.54, 1.807) is 11.1 Å². The van der Waals surface area contributed by atoms with E-state index in [4.69, 9.17) is 0 Å². The van der Waals surface area contributed by atoms with Crippen LogP contribution in [0.4, 0.5) is 0 Å². The summed E-state index contributed by atoms with van der Waals surface area (Å²) < 4.78 is 1.12. The lowest BCUT2D eigenvalue weighted by Gasteiger charge is -2.17. The monoisotopic (exact) mass is 386 g/mol. The molecule has 0 saturated carbocycles. The van der Waals surface area contributed by atoms with Crippen LogP contribution in [0, 0.1) is 10.4 Å². The van der Waals surface area contributed by atoms with Gasteiger partial charge in [-0.2, -0.15) is 0 Å². The topological polar surface area (TPSA) is 0 Å². The first kappa shape index (κ1) is 15.2. The van der Waals surface area contributed by atoms with Crippen molar-refractivity contribution in [3.05, 3.63) is 91.1 Å². The molecule has 1 heteroatoms. The molecule has 2 aliphatic carbocycles. The molecule has 122 valence electrons. The Hall–Kier alpha value is -2.12. The molecule has 0 heterocycles. The smallest absolute Gasteiger partial charge is 0.0175 e. The highest BCUT2D eigenvalue weighted by molar-refractivity contribution is 9.10. The maximum Gasteiger partial charge on any atom is 0.0175 e. The minimum Gasteiger partial charge on any atom is -0.0770 e. The van der Waals surface area contributed by atoms with E-state index in [9.17, 15) is 0 Å². The third-order valence-corrected chi connectivity index (χ3v) is 6.05. The van der Waals surface area contributed by atoms with Gasteiger partial charge in [-0.25, -0.2) is 0 Å². The van der Waals surface area contributed by atoms with Gasteiger partial charge in [0, 0.05) is 4.47 Å². The molecule has 0 bridgehead atoms. The number of fused-ring (bicyclic) bond motifs is 4. The average Bonchev–Trinajstić information content (AvgIpc) is 2.67. The van der Waals surface area contributed by atoms with Gasteiger partial charge in [-0.05, 0) is 80.9 Å². The Morgan fingerprint density at radius 3 is 2.52 bits per heavy atom. The van der Waals surface area contributed by atoms with Crippen LogP contribution in [0.25, 0.3) is 23.3 Å². The summed E-state index contributed by atoms with van der Waals surface area (Å²) in [6.45, 7) is 0. The number of hydrogen-bond acceptors (Lipinski definition) is 0. The number of halogens is 1. The number of rotatable bonds is 1. The quantitative estimate of drug-likeness (QED) is 0.560. The van der Waals surface area contributed by atoms with Gasteiger partial charge in [-0.1, -0.05) is 70.5 Å². The van der Waals surface area contributed by atoms with Crippen molar-refractivity contribution >= 4 is 28.1 Å². The zero-order valence-corrected chi connectivity index (χ0v) is 15.6. The van der Waals surface area contributed by atoms with Gasteiger partial charge in [0.05, 0.1) is 0 Å². The molecule has 0 nitrogen and oxygen atoms in total. The first-order valence-electron chi connectivity index (χ1n) is 9.02. The van der Waals surface area contributed by atoms with E-state index in [1.165, 1.54) is 51.3 Å². The number of benzene rings is 3. The normalized spacial score (nSPS) is 14.6. The van der Waals surface area contributed by atoms with Gasteiger partial charge < -0.3 is 0 Å². The zero-order chi connectivity index (χ0) is 16.8. The second-order valence-electron chi connectivity index (χ2n) is 6.94. The molecule has 0 aliphatic heterocycles. The molecule has 0 fully saturated rings. The maximum absolute atomic E-state index is 3.54. The van der Waals surface area contributed by atoms with E-state index in [1.807, 2.05) is 0 Å². The summed E-state index contributed by atoms with van der Waals surface area (Å²) in [5, 5.41) is 5.67. The largest absolute Gasteiger partial charge is 0.0770 e. The van der Waals surface area contributed by atoms with E-state index in [0.29, 0.717) is 0 Å². The van der Waals surface area contributed by atoms with Crippen molar-refractivity contribution in [2.75, 3.05) is 0 Å². The molecular formula is C24H19Br. The molecule has 25 heavy (non-hydrogen) atoms. The summed E-state index contributed by atoms with van der Waals surface area (Å²) in [6.07, 6.45) is 9.63. The maximum atomic E-state index is 3.54. The minimum atomic E-state index is 1.05. The average molecular weight is 387 g/mol. The molecule has 0 saturated heterocycles. The van der Waals surface area contributed by atoms with Gasteiger partial charge in [0.25, 0.3) is 0 Å². The third kappa shape index (κ3) is 2.49. The van der Waals surface area contributed by atoms with Crippen LogP contribution in [0.15, 0.2) is 59.1 Å². The molecule has 3 aromatic carbocycles. The van der Waals surface area contributed by atoms with Crippen LogP contribution in [0.1, 0.15) is 24.0 Å². The van der Waals surface area contributed by atoms with Crippen molar-refractivity contribution in [2.24, 2.45) is 0 Å². The van der Waals surface area contributed by atoms with Crippen molar-refractivity contribution in [1.82, 2.24) is 0 Å². The van der Waals surface area contributed by atoms with E-state index in [0.717, 1.165) is 10.9 Å². The third-order valence-electron chi connectivity index (χ3n) is 5.52. The van der Waals surface area contributed by atoms with Crippen molar-refractivity contribution in [1.29, 1.82) is 0 Å². The summed E-state index contributed by atoms with van der Waals surface area (Å²) in [6, 6.07) is 20.0. The van der Waals surface area contributed by atoms with Crippen molar-refractivity contribution < 1.29 is 0 Å². The molecule has 0 unspecified atom stereocenters. The van der Waals surface area contributed by atoms with Crippen LogP contribution in [-0.4, -0.2) is 0 Å². The summed E-state index contributed by atoms with van der Waals surface area (Å²) in [5.74, 6) is 0. The Kier molecular flexibility index (Phi) is 3.64. The minimum absolute atomic E-state index is 1.05. The van der Waals surface area contributed by atoms with Gasteiger partial charge >= 0.3 is 0 Å². The van der Waals surface area contributed by atoms with E-state index in [-0.39, 0.29) is 0 Å². The second kappa shape index (κ2) is 6.00. The van der Waals surface area contributed by atoms with E-state index in [2.05, 4.69) is 82.7 Å². The van der Waals surface area contributed by atoms with Gasteiger partial charge in [0.1, 0.15) is 0 Å². The fourth-order valence-corrected chi connectivity index (χ4v) is 4.59. The Morgan fingerprint density at radius 1 is 0.760 bits per heavy atom. The van der Waals surface area contributed by atoms with Gasteiger partial charge in [0.2, 0.25) is 0 Å². The molecule has 3 aromatic rings. The summed E-state index contributed by atoms with van der Waals surface area (Å²) in [4.78, 5) is 0. The molecule has 0 N–H and O–H groups in total. The standard InChI is InChI=1S/C24H19Br/c25-18-11-8-17(9-12-18)20-6-3-7-21-22(20)14-15-23-19-5-2-1-4-16(19)10-13-24(21)23/h3-4,6-14H,1-2,5,15H2. The molecule has 2 aliphatic rings. The summed E-state index contributed by atoms with van der Waals surface area (Å²) in [5.41, 5.74) is 5.75. The first-order valence-corrected chi connectivity index (χ1v) is 9.81. The van der Waals surface area contributed by atoms with Crippen LogP contribution >= 0.6 is 15.9 Å². The van der Waals surface area contributed by atoms with Crippen molar-refractivity contribution in [2.45, 2.75) is 25.7 Å². The van der Waals surface area contributed by atoms with E-state index < -0.39 is 0 Å². The Morgan fingerprint density at radius 2 is 1.64 bits per heavy atom. The molecular weight excluding hydrogens is 368 g/mol. The molecule has 0 spiro atoms. The lowest BCUT2D eigenvalue weighted by molar-refractivity contribution is 0.824.